The van der Waals surface area contributed by atoms with Gasteiger partial charge in [0.25, 0.3) is 0 Å². The van der Waals surface area contributed by atoms with Gasteiger partial charge in [0.1, 0.15) is 0 Å². The molecule has 0 aliphatic carbocycles. The maximum absolute atomic E-state index is 12.0. The van der Waals surface area contributed by atoms with Crippen molar-refractivity contribution in [2.75, 3.05) is 0 Å². The first-order chi connectivity index (χ1) is 9.56. The van der Waals surface area contributed by atoms with Gasteiger partial charge < -0.3 is 4.57 Å². The minimum atomic E-state index is 0.181. The number of hydrogen-bond donors (Lipinski definition) is 0. The molecule has 1 aromatic carbocycles. The minimum absolute atomic E-state index is 0.181. The molecule has 1 heterocycles. The van der Waals surface area contributed by atoms with Crippen LogP contribution in [0.5, 0.6) is 0 Å². The molecule has 0 aliphatic rings. The van der Waals surface area contributed by atoms with E-state index in [0.717, 1.165) is 30.6 Å². The SMILES string of the molecule is CCCc1c(C(C)=O)c(C)n(Cc2ccccc2)c1C. The maximum Gasteiger partial charge on any atom is 0.161 e. The highest BCUT2D eigenvalue weighted by molar-refractivity contribution is 5.97. The van der Waals surface area contributed by atoms with Crippen LogP contribution in [0.4, 0.5) is 0 Å². The van der Waals surface area contributed by atoms with Gasteiger partial charge in [-0.05, 0) is 38.3 Å². The van der Waals surface area contributed by atoms with Crippen LogP contribution in [0.25, 0.3) is 0 Å². The summed E-state index contributed by atoms with van der Waals surface area (Å²) >= 11 is 0. The van der Waals surface area contributed by atoms with E-state index in [0.29, 0.717) is 0 Å². The van der Waals surface area contributed by atoms with E-state index in [-0.39, 0.29) is 5.78 Å². The Kier molecular flexibility index (Phi) is 4.43. The lowest BCUT2D eigenvalue weighted by molar-refractivity contribution is 0.101. The fraction of sp³-hybridized carbons (Fsp3) is 0.389. The predicted molar refractivity (Wildman–Crippen MR) is 83.4 cm³/mol. The Hall–Kier alpha value is -1.83. The Bertz CT molecular complexity index is 608. The highest BCUT2D eigenvalue weighted by atomic mass is 16.1. The van der Waals surface area contributed by atoms with Gasteiger partial charge in [-0.2, -0.15) is 0 Å². The van der Waals surface area contributed by atoms with Gasteiger partial charge in [-0.1, -0.05) is 43.7 Å². The number of benzene rings is 1. The Balaban J connectivity index is 2.48. The molecular formula is C18H23NO. The van der Waals surface area contributed by atoms with Crippen LogP contribution in [-0.4, -0.2) is 10.4 Å². The molecular weight excluding hydrogens is 246 g/mol. The Morgan fingerprint density at radius 2 is 1.75 bits per heavy atom. The van der Waals surface area contributed by atoms with Crippen molar-refractivity contribution in [3.63, 3.8) is 0 Å². The van der Waals surface area contributed by atoms with Gasteiger partial charge in [0, 0.05) is 23.5 Å². The largest absolute Gasteiger partial charge is 0.344 e. The van der Waals surface area contributed by atoms with E-state index < -0.39 is 0 Å². The van der Waals surface area contributed by atoms with Crippen LogP contribution in [0.3, 0.4) is 0 Å². The quantitative estimate of drug-likeness (QED) is 0.741. The second-order valence-electron chi connectivity index (χ2n) is 5.40. The topological polar surface area (TPSA) is 22.0 Å². The summed E-state index contributed by atoms with van der Waals surface area (Å²) in [6.45, 7) is 8.86. The molecule has 2 aromatic rings. The molecule has 0 spiro atoms. The first kappa shape index (κ1) is 14.6. The smallest absolute Gasteiger partial charge is 0.161 e. The minimum Gasteiger partial charge on any atom is -0.344 e. The van der Waals surface area contributed by atoms with E-state index in [1.54, 1.807) is 6.92 Å². The summed E-state index contributed by atoms with van der Waals surface area (Å²) in [4.78, 5) is 12.0. The second kappa shape index (κ2) is 6.08. The maximum atomic E-state index is 12.0. The van der Waals surface area contributed by atoms with E-state index >= 15 is 0 Å². The zero-order chi connectivity index (χ0) is 14.7. The molecule has 20 heavy (non-hydrogen) atoms. The van der Waals surface area contributed by atoms with Crippen LogP contribution >= 0.6 is 0 Å². The lowest BCUT2D eigenvalue weighted by atomic mass is 10.0. The third kappa shape index (κ3) is 2.69. The lowest BCUT2D eigenvalue weighted by Gasteiger charge is -2.10. The standard InChI is InChI=1S/C18H23NO/c1-5-9-17-13(2)19(14(3)18(17)15(4)20)12-16-10-7-6-8-11-16/h6-8,10-11H,5,9,12H2,1-4H3. The molecule has 2 rings (SSSR count). The fourth-order valence-corrected chi connectivity index (χ4v) is 2.98. The van der Waals surface area contributed by atoms with Crippen molar-refractivity contribution < 1.29 is 4.79 Å². The number of carbonyl (C=O) groups is 1. The lowest BCUT2D eigenvalue weighted by Crippen LogP contribution is -2.05. The van der Waals surface area contributed by atoms with Crippen LogP contribution < -0.4 is 0 Å². The third-order valence-electron chi connectivity index (χ3n) is 3.95. The third-order valence-corrected chi connectivity index (χ3v) is 3.95. The Morgan fingerprint density at radius 1 is 1.10 bits per heavy atom. The van der Waals surface area contributed by atoms with E-state index in [9.17, 15) is 4.79 Å². The second-order valence-corrected chi connectivity index (χ2v) is 5.40. The van der Waals surface area contributed by atoms with Gasteiger partial charge >= 0.3 is 0 Å². The van der Waals surface area contributed by atoms with Gasteiger partial charge in [0.15, 0.2) is 5.78 Å². The number of carbonyl (C=O) groups excluding carboxylic acids is 1. The summed E-state index contributed by atoms with van der Waals surface area (Å²) in [6, 6.07) is 10.4. The summed E-state index contributed by atoms with van der Waals surface area (Å²) in [5.41, 5.74) is 5.77. The van der Waals surface area contributed by atoms with Crippen LogP contribution in [0.15, 0.2) is 30.3 Å². The molecule has 0 aliphatic heterocycles. The molecule has 0 saturated heterocycles. The molecule has 0 saturated carbocycles. The van der Waals surface area contributed by atoms with Gasteiger partial charge in [-0.25, -0.2) is 0 Å². The van der Waals surface area contributed by atoms with Crippen molar-refractivity contribution in [1.82, 2.24) is 4.57 Å². The zero-order valence-corrected chi connectivity index (χ0v) is 12.9. The predicted octanol–water partition coefficient (Wildman–Crippen LogP) is 4.31. The summed E-state index contributed by atoms with van der Waals surface area (Å²) < 4.78 is 2.27. The summed E-state index contributed by atoms with van der Waals surface area (Å²) in [7, 11) is 0. The average molecular weight is 269 g/mol. The van der Waals surface area contributed by atoms with Gasteiger partial charge in [-0.3, -0.25) is 4.79 Å². The molecule has 0 N–H and O–H groups in total. The van der Waals surface area contributed by atoms with Crippen LogP contribution in [0.2, 0.25) is 0 Å². The van der Waals surface area contributed by atoms with E-state index in [1.807, 2.05) is 6.07 Å². The molecule has 2 heteroatoms. The van der Waals surface area contributed by atoms with Gasteiger partial charge in [-0.15, -0.1) is 0 Å². The number of nitrogens with zero attached hydrogens (tertiary/aromatic N) is 1. The molecule has 0 unspecified atom stereocenters. The number of aromatic nitrogens is 1. The monoisotopic (exact) mass is 269 g/mol. The Morgan fingerprint density at radius 3 is 2.30 bits per heavy atom. The molecule has 0 amide bonds. The van der Waals surface area contributed by atoms with E-state index in [4.69, 9.17) is 0 Å². The molecule has 0 atom stereocenters. The fourth-order valence-electron chi connectivity index (χ4n) is 2.98. The van der Waals surface area contributed by atoms with Crippen molar-refractivity contribution >= 4 is 5.78 Å². The first-order valence-electron chi connectivity index (χ1n) is 7.29. The van der Waals surface area contributed by atoms with Crippen molar-refractivity contribution in [2.45, 2.75) is 47.1 Å². The van der Waals surface area contributed by atoms with Crippen molar-refractivity contribution in [3.05, 3.63) is 58.4 Å². The Labute approximate surface area is 121 Å². The van der Waals surface area contributed by atoms with E-state index in [1.165, 1.54) is 16.8 Å². The number of Topliss-reactive ketones (excluding diaryl/α,β-unsaturated/α-hetero) is 1. The molecule has 0 fully saturated rings. The normalized spacial score (nSPS) is 10.8. The molecule has 0 bridgehead atoms. The van der Waals surface area contributed by atoms with Crippen molar-refractivity contribution in [1.29, 1.82) is 0 Å². The molecule has 1 aromatic heterocycles. The highest BCUT2D eigenvalue weighted by Crippen LogP contribution is 2.25. The number of ketones is 1. The van der Waals surface area contributed by atoms with Crippen molar-refractivity contribution in [2.24, 2.45) is 0 Å². The van der Waals surface area contributed by atoms with Gasteiger partial charge in [0.05, 0.1) is 0 Å². The van der Waals surface area contributed by atoms with Crippen LogP contribution in [0.1, 0.15) is 53.1 Å². The molecule has 106 valence electrons. The average Bonchev–Trinajstić information content (AvgIpc) is 2.65. The summed E-state index contributed by atoms with van der Waals surface area (Å²) in [5, 5.41) is 0. The van der Waals surface area contributed by atoms with Crippen LogP contribution in [-0.2, 0) is 13.0 Å². The summed E-state index contributed by atoms with van der Waals surface area (Å²) in [5.74, 6) is 0.181. The number of hydrogen-bond acceptors (Lipinski definition) is 1. The van der Waals surface area contributed by atoms with E-state index in [2.05, 4.69) is 49.6 Å². The number of rotatable bonds is 5. The highest BCUT2D eigenvalue weighted by Gasteiger charge is 2.19. The first-order valence-corrected chi connectivity index (χ1v) is 7.29. The van der Waals surface area contributed by atoms with Crippen LogP contribution in [0, 0.1) is 13.8 Å². The van der Waals surface area contributed by atoms with Gasteiger partial charge in [0.2, 0.25) is 0 Å². The molecule has 2 nitrogen and oxygen atoms in total. The van der Waals surface area contributed by atoms with Crippen molar-refractivity contribution in [3.8, 4) is 0 Å². The zero-order valence-electron chi connectivity index (χ0n) is 12.9. The summed E-state index contributed by atoms with van der Waals surface area (Å²) in [6.07, 6.45) is 2.04. The molecule has 0 radical (unpaired) electrons.